The number of hydrogen-bond donors (Lipinski definition) is 2. The maximum absolute atomic E-state index is 12.9. The molecular weight excluding hydrogens is 276 g/mol. The summed E-state index contributed by atoms with van der Waals surface area (Å²) in [4.78, 5) is 15.0. The number of aromatic amines is 1. The van der Waals surface area contributed by atoms with E-state index >= 15 is 0 Å². The van der Waals surface area contributed by atoms with Crippen molar-refractivity contribution >= 4 is 16.8 Å². The molecule has 5 nitrogen and oxygen atoms in total. The average molecular weight is 298 g/mol. The molecule has 3 saturated heterocycles. The number of fused-ring (bicyclic) bond motifs is 4. The fourth-order valence-electron chi connectivity index (χ4n) is 3.76. The fourth-order valence-corrected chi connectivity index (χ4v) is 3.76. The van der Waals surface area contributed by atoms with Crippen LogP contribution in [0.5, 0.6) is 0 Å². The normalized spacial score (nSPS) is 24.1. The Bertz CT molecular complexity index is 700. The van der Waals surface area contributed by atoms with Gasteiger partial charge in [-0.05, 0) is 37.5 Å². The molecule has 3 aliphatic rings. The molecule has 3 fully saturated rings. The monoisotopic (exact) mass is 298 g/mol. The number of benzene rings is 1. The number of nitrogens with one attached hydrogen (secondary N) is 2. The van der Waals surface area contributed by atoms with Crippen LogP contribution >= 0.6 is 0 Å². The molecule has 22 heavy (non-hydrogen) atoms. The number of aromatic nitrogens is 2. The van der Waals surface area contributed by atoms with Crippen LogP contribution in [0.2, 0.25) is 0 Å². The number of piperidine rings is 2. The van der Waals surface area contributed by atoms with Crippen LogP contribution in [0.3, 0.4) is 0 Å². The molecule has 1 aromatic heterocycles. The Labute approximate surface area is 130 Å². The first-order chi connectivity index (χ1) is 10.8. The second-order valence-corrected chi connectivity index (χ2v) is 6.48. The average Bonchev–Trinajstić information content (AvgIpc) is 2.98. The number of piperazine rings is 1. The van der Waals surface area contributed by atoms with Crippen molar-refractivity contribution in [3.05, 3.63) is 29.5 Å². The zero-order valence-electron chi connectivity index (χ0n) is 12.9. The van der Waals surface area contributed by atoms with Gasteiger partial charge in [0, 0.05) is 41.8 Å². The lowest BCUT2D eigenvalue weighted by molar-refractivity contribution is 0.0441. The number of H-pyrrole nitrogens is 1. The largest absolute Gasteiger partial charge is 0.333 e. The van der Waals surface area contributed by atoms with Crippen LogP contribution in [0, 0.1) is 0 Å². The Kier molecular flexibility index (Phi) is 3.37. The second kappa shape index (κ2) is 5.39. The van der Waals surface area contributed by atoms with Crippen LogP contribution in [0.1, 0.15) is 42.2 Å². The van der Waals surface area contributed by atoms with Gasteiger partial charge in [0.15, 0.2) is 0 Å². The fraction of sp³-hybridized carbons (Fsp3) is 0.529. The van der Waals surface area contributed by atoms with Gasteiger partial charge in [-0.1, -0.05) is 13.3 Å². The summed E-state index contributed by atoms with van der Waals surface area (Å²) in [7, 11) is 0. The minimum absolute atomic E-state index is 0.168. The van der Waals surface area contributed by atoms with Crippen LogP contribution in [0.15, 0.2) is 18.2 Å². The van der Waals surface area contributed by atoms with Crippen molar-refractivity contribution in [3.8, 4) is 0 Å². The van der Waals surface area contributed by atoms with Gasteiger partial charge in [0.1, 0.15) is 0 Å². The van der Waals surface area contributed by atoms with Crippen molar-refractivity contribution < 1.29 is 4.79 Å². The Morgan fingerprint density at radius 2 is 2.32 bits per heavy atom. The molecule has 0 saturated carbocycles. The van der Waals surface area contributed by atoms with Crippen molar-refractivity contribution in [2.75, 3.05) is 13.1 Å². The number of carbonyl (C=O) groups is 1. The molecule has 5 heteroatoms. The third-order valence-corrected chi connectivity index (χ3v) is 4.99. The molecule has 116 valence electrons. The maximum atomic E-state index is 12.9. The topological polar surface area (TPSA) is 61.0 Å². The van der Waals surface area contributed by atoms with E-state index in [0.717, 1.165) is 54.5 Å². The minimum Gasteiger partial charge on any atom is -0.333 e. The van der Waals surface area contributed by atoms with E-state index in [1.165, 1.54) is 6.42 Å². The molecule has 0 spiro atoms. The number of amides is 1. The molecule has 1 aromatic carbocycles. The first kappa shape index (κ1) is 13.8. The molecule has 0 radical (unpaired) electrons. The van der Waals surface area contributed by atoms with Crippen LogP contribution in [-0.4, -0.2) is 46.2 Å². The number of aryl methyl sites for hydroxylation is 1. The van der Waals surface area contributed by atoms with Crippen LogP contribution in [0.4, 0.5) is 0 Å². The van der Waals surface area contributed by atoms with Gasteiger partial charge in [-0.3, -0.25) is 9.89 Å². The van der Waals surface area contributed by atoms with Gasteiger partial charge in [-0.25, -0.2) is 0 Å². The molecule has 3 aliphatic heterocycles. The molecule has 2 atom stereocenters. The maximum Gasteiger partial charge on any atom is 0.254 e. The summed E-state index contributed by atoms with van der Waals surface area (Å²) in [5.41, 5.74) is 2.87. The standard InChI is InChI=1S/C17H22N4O/c1-2-3-15-14-8-11(4-7-16(14)20-19-15)17(22)21-10-12-5-6-13(21)9-18-12/h4,7-8,12-13,18H,2-3,5-6,9-10H2,1H3,(H,19,20). The number of carbonyl (C=O) groups excluding carboxylic acids is 1. The lowest BCUT2D eigenvalue weighted by Gasteiger charge is -2.46. The SMILES string of the molecule is CCCc1[nH]nc2ccc(C(=O)N3CC4CCC3CN4)cc12. The predicted octanol–water partition coefficient (Wildman–Crippen LogP) is 2.09. The molecule has 2 bridgehead atoms. The van der Waals surface area contributed by atoms with E-state index in [1.54, 1.807) is 0 Å². The van der Waals surface area contributed by atoms with Crippen LogP contribution < -0.4 is 5.32 Å². The van der Waals surface area contributed by atoms with Gasteiger partial charge in [-0.2, -0.15) is 5.10 Å². The van der Waals surface area contributed by atoms with Gasteiger partial charge < -0.3 is 10.2 Å². The van der Waals surface area contributed by atoms with Gasteiger partial charge in [0.2, 0.25) is 0 Å². The first-order valence-electron chi connectivity index (χ1n) is 8.27. The summed E-state index contributed by atoms with van der Waals surface area (Å²) in [6.07, 6.45) is 4.35. The Morgan fingerprint density at radius 1 is 1.41 bits per heavy atom. The molecular formula is C17H22N4O. The summed E-state index contributed by atoms with van der Waals surface area (Å²) in [5, 5.41) is 12.0. The van der Waals surface area contributed by atoms with E-state index in [1.807, 2.05) is 18.2 Å². The van der Waals surface area contributed by atoms with E-state index in [4.69, 9.17) is 0 Å². The molecule has 2 N–H and O–H groups in total. The Balaban J connectivity index is 1.65. The lowest BCUT2D eigenvalue weighted by Crippen LogP contribution is -2.62. The van der Waals surface area contributed by atoms with Crippen molar-refractivity contribution in [2.24, 2.45) is 0 Å². The third kappa shape index (κ3) is 2.20. The zero-order chi connectivity index (χ0) is 15.1. The zero-order valence-corrected chi connectivity index (χ0v) is 12.9. The van der Waals surface area contributed by atoms with Crippen molar-refractivity contribution in [1.29, 1.82) is 0 Å². The highest BCUT2D eigenvalue weighted by Crippen LogP contribution is 2.26. The van der Waals surface area contributed by atoms with Gasteiger partial charge in [0.25, 0.3) is 5.91 Å². The van der Waals surface area contributed by atoms with E-state index in [-0.39, 0.29) is 5.91 Å². The first-order valence-corrected chi connectivity index (χ1v) is 8.27. The Hall–Kier alpha value is -1.88. The molecule has 1 amide bonds. The Morgan fingerprint density at radius 3 is 3.00 bits per heavy atom. The molecule has 2 aromatic rings. The molecule has 4 heterocycles. The molecule has 5 rings (SSSR count). The highest BCUT2D eigenvalue weighted by molar-refractivity contribution is 5.98. The van der Waals surface area contributed by atoms with E-state index in [2.05, 4.69) is 27.3 Å². The number of rotatable bonds is 3. The summed E-state index contributed by atoms with van der Waals surface area (Å²) in [5.74, 6) is 0.168. The van der Waals surface area contributed by atoms with Gasteiger partial charge in [-0.15, -0.1) is 0 Å². The lowest BCUT2D eigenvalue weighted by atomic mass is 9.92. The smallest absolute Gasteiger partial charge is 0.254 e. The summed E-state index contributed by atoms with van der Waals surface area (Å²) in [6, 6.07) is 6.72. The van der Waals surface area contributed by atoms with Crippen molar-refractivity contribution in [2.45, 2.75) is 44.7 Å². The van der Waals surface area contributed by atoms with Gasteiger partial charge in [0.05, 0.1) is 5.52 Å². The quantitative estimate of drug-likeness (QED) is 0.912. The highest BCUT2D eigenvalue weighted by atomic mass is 16.2. The van der Waals surface area contributed by atoms with Crippen LogP contribution in [-0.2, 0) is 6.42 Å². The van der Waals surface area contributed by atoms with E-state index in [0.29, 0.717) is 12.1 Å². The highest BCUT2D eigenvalue weighted by Gasteiger charge is 2.36. The third-order valence-electron chi connectivity index (χ3n) is 4.99. The second-order valence-electron chi connectivity index (χ2n) is 6.48. The van der Waals surface area contributed by atoms with Crippen LogP contribution in [0.25, 0.3) is 10.9 Å². The number of nitrogens with zero attached hydrogens (tertiary/aromatic N) is 2. The number of hydrogen-bond acceptors (Lipinski definition) is 3. The predicted molar refractivity (Wildman–Crippen MR) is 85.9 cm³/mol. The summed E-state index contributed by atoms with van der Waals surface area (Å²) in [6.45, 7) is 3.93. The van der Waals surface area contributed by atoms with Crippen molar-refractivity contribution in [3.63, 3.8) is 0 Å². The van der Waals surface area contributed by atoms with E-state index in [9.17, 15) is 4.79 Å². The molecule has 2 unspecified atom stereocenters. The minimum atomic E-state index is 0.168. The molecule has 0 aliphatic carbocycles. The summed E-state index contributed by atoms with van der Waals surface area (Å²) >= 11 is 0. The van der Waals surface area contributed by atoms with Gasteiger partial charge >= 0.3 is 0 Å². The van der Waals surface area contributed by atoms with Crippen molar-refractivity contribution in [1.82, 2.24) is 20.4 Å². The van der Waals surface area contributed by atoms with E-state index < -0.39 is 0 Å². The summed E-state index contributed by atoms with van der Waals surface area (Å²) < 4.78 is 0.